The molecule has 0 heterocycles. The monoisotopic (exact) mass is 307 g/mol. The van der Waals surface area contributed by atoms with Crippen molar-refractivity contribution < 1.29 is 14.3 Å². The van der Waals surface area contributed by atoms with Crippen molar-refractivity contribution in [1.29, 1.82) is 0 Å². The first-order chi connectivity index (χ1) is 10.7. The Hall–Kier alpha value is -1.92. The number of benzene rings is 1. The first-order valence-electron chi connectivity index (χ1n) is 7.50. The summed E-state index contributed by atoms with van der Waals surface area (Å²) >= 11 is 0. The topological polar surface area (TPSA) is 79.5 Å². The number of nitrogens with one attached hydrogen (secondary N) is 3. The van der Waals surface area contributed by atoms with Crippen LogP contribution in [0.1, 0.15) is 29.3 Å². The number of hydrogen-bond acceptors (Lipinski definition) is 4. The van der Waals surface area contributed by atoms with Crippen molar-refractivity contribution in [2.75, 3.05) is 33.4 Å². The lowest BCUT2D eigenvalue weighted by atomic mass is 10.1. The van der Waals surface area contributed by atoms with Crippen molar-refractivity contribution in [3.63, 3.8) is 0 Å². The van der Waals surface area contributed by atoms with Crippen molar-refractivity contribution >= 4 is 11.8 Å². The molecule has 1 aromatic rings. The molecule has 0 aliphatic rings. The minimum Gasteiger partial charge on any atom is -0.383 e. The summed E-state index contributed by atoms with van der Waals surface area (Å²) in [6.07, 6.45) is 0.900. The molecule has 1 aromatic carbocycles. The predicted molar refractivity (Wildman–Crippen MR) is 85.7 cm³/mol. The van der Waals surface area contributed by atoms with Gasteiger partial charge in [0.1, 0.15) is 0 Å². The van der Waals surface area contributed by atoms with Gasteiger partial charge in [-0.3, -0.25) is 9.59 Å². The van der Waals surface area contributed by atoms with Crippen molar-refractivity contribution in [3.05, 3.63) is 35.4 Å². The van der Waals surface area contributed by atoms with E-state index in [2.05, 4.69) is 16.0 Å². The molecule has 0 spiro atoms. The fraction of sp³-hybridized carbons (Fsp3) is 0.500. The molecule has 0 unspecified atom stereocenters. The Morgan fingerprint density at radius 2 is 2.00 bits per heavy atom. The van der Waals surface area contributed by atoms with Crippen LogP contribution in [0.4, 0.5) is 0 Å². The molecule has 0 bridgehead atoms. The van der Waals surface area contributed by atoms with E-state index in [0.717, 1.165) is 12.0 Å². The van der Waals surface area contributed by atoms with E-state index in [1.165, 1.54) is 0 Å². The second-order valence-electron chi connectivity index (χ2n) is 4.90. The van der Waals surface area contributed by atoms with Gasteiger partial charge in [-0.1, -0.05) is 19.1 Å². The van der Waals surface area contributed by atoms with Crippen LogP contribution in [0.2, 0.25) is 0 Å². The van der Waals surface area contributed by atoms with E-state index in [0.29, 0.717) is 31.8 Å². The zero-order chi connectivity index (χ0) is 16.2. The highest BCUT2D eigenvalue weighted by Gasteiger charge is 2.06. The first kappa shape index (κ1) is 18.1. The molecule has 0 aromatic heterocycles. The van der Waals surface area contributed by atoms with Gasteiger partial charge < -0.3 is 20.7 Å². The highest BCUT2D eigenvalue weighted by molar-refractivity contribution is 5.94. The fourth-order valence-electron chi connectivity index (χ4n) is 1.80. The number of hydrogen-bond donors (Lipinski definition) is 3. The van der Waals surface area contributed by atoms with Gasteiger partial charge in [0.25, 0.3) is 5.91 Å². The normalized spacial score (nSPS) is 10.3. The Bertz CT molecular complexity index is 477. The number of carbonyl (C=O) groups is 2. The smallest absolute Gasteiger partial charge is 0.251 e. The van der Waals surface area contributed by atoms with Crippen LogP contribution in [-0.4, -0.2) is 45.2 Å². The maximum Gasteiger partial charge on any atom is 0.251 e. The highest BCUT2D eigenvalue weighted by atomic mass is 16.5. The van der Waals surface area contributed by atoms with E-state index in [-0.39, 0.29) is 18.4 Å². The summed E-state index contributed by atoms with van der Waals surface area (Å²) in [6.45, 7) is 4.53. The third-order valence-corrected chi connectivity index (χ3v) is 2.98. The Kier molecular flexibility index (Phi) is 8.86. The zero-order valence-corrected chi connectivity index (χ0v) is 13.3. The summed E-state index contributed by atoms with van der Waals surface area (Å²) in [5, 5.41) is 8.62. The number of methoxy groups -OCH3 is 1. The Balaban J connectivity index is 2.39. The van der Waals surface area contributed by atoms with Crippen molar-refractivity contribution in [1.82, 2.24) is 16.0 Å². The lowest BCUT2D eigenvalue weighted by molar-refractivity contribution is -0.120. The van der Waals surface area contributed by atoms with Gasteiger partial charge in [-0.15, -0.1) is 0 Å². The van der Waals surface area contributed by atoms with Gasteiger partial charge in [0.05, 0.1) is 13.2 Å². The molecule has 0 atom stereocenters. The van der Waals surface area contributed by atoms with E-state index >= 15 is 0 Å². The molecule has 6 heteroatoms. The molecule has 0 saturated heterocycles. The van der Waals surface area contributed by atoms with Gasteiger partial charge in [0, 0.05) is 32.3 Å². The van der Waals surface area contributed by atoms with Crippen molar-refractivity contribution in [2.24, 2.45) is 0 Å². The summed E-state index contributed by atoms with van der Waals surface area (Å²) in [5.41, 5.74) is 1.51. The zero-order valence-electron chi connectivity index (χ0n) is 13.3. The lowest BCUT2D eigenvalue weighted by Crippen LogP contribution is -2.34. The minimum atomic E-state index is -0.0868. The predicted octanol–water partition coefficient (Wildman–Crippen LogP) is 0.679. The molecule has 122 valence electrons. The molecule has 0 radical (unpaired) electrons. The van der Waals surface area contributed by atoms with Gasteiger partial charge in [0.15, 0.2) is 0 Å². The average Bonchev–Trinajstić information content (AvgIpc) is 2.55. The quantitative estimate of drug-likeness (QED) is 0.555. The number of amides is 2. The summed E-state index contributed by atoms with van der Waals surface area (Å²) in [6, 6.07) is 7.26. The molecule has 1 rings (SSSR count). The molecule has 0 aliphatic heterocycles. The first-order valence-corrected chi connectivity index (χ1v) is 7.50. The van der Waals surface area contributed by atoms with Crippen molar-refractivity contribution in [3.8, 4) is 0 Å². The van der Waals surface area contributed by atoms with Gasteiger partial charge in [-0.25, -0.2) is 0 Å². The molecule has 0 aliphatic carbocycles. The van der Waals surface area contributed by atoms with Gasteiger partial charge in [0.2, 0.25) is 5.91 Å². The van der Waals surface area contributed by atoms with E-state index in [1.807, 2.05) is 19.1 Å². The molecule has 0 saturated carbocycles. The summed E-state index contributed by atoms with van der Waals surface area (Å²) in [5.74, 6) is -0.173. The van der Waals surface area contributed by atoms with Gasteiger partial charge >= 0.3 is 0 Å². The summed E-state index contributed by atoms with van der Waals surface area (Å²) in [4.78, 5) is 23.5. The Morgan fingerprint density at radius 3 is 2.73 bits per heavy atom. The minimum absolute atomic E-state index is 0.0862. The maximum atomic E-state index is 11.9. The van der Waals surface area contributed by atoms with Crippen LogP contribution in [0, 0.1) is 0 Å². The van der Waals surface area contributed by atoms with Crippen molar-refractivity contribution in [2.45, 2.75) is 19.9 Å². The van der Waals surface area contributed by atoms with E-state index in [9.17, 15) is 9.59 Å². The molecule has 2 amide bonds. The van der Waals surface area contributed by atoms with Crippen LogP contribution in [0.25, 0.3) is 0 Å². The molecular formula is C16H25N3O3. The van der Waals surface area contributed by atoms with Crippen LogP contribution >= 0.6 is 0 Å². The fourth-order valence-corrected chi connectivity index (χ4v) is 1.80. The van der Waals surface area contributed by atoms with E-state index in [4.69, 9.17) is 4.74 Å². The third-order valence-electron chi connectivity index (χ3n) is 2.98. The van der Waals surface area contributed by atoms with Crippen LogP contribution < -0.4 is 16.0 Å². The lowest BCUT2D eigenvalue weighted by Gasteiger charge is -2.08. The van der Waals surface area contributed by atoms with Crippen LogP contribution in [-0.2, 0) is 16.1 Å². The van der Waals surface area contributed by atoms with Crippen LogP contribution in [0.15, 0.2) is 24.3 Å². The van der Waals surface area contributed by atoms with Gasteiger partial charge in [-0.05, 0) is 24.1 Å². The molecule has 22 heavy (non-hydrogen) atoms. The second kappa shape index (κ2) is 10.8. The average molecular weight is 307 g/mol. The standard InChI is InChI=1S/C16H25N3O3/c1-3-7-18-16(21)14-6-4-5-13(10-14)11-19-15(20)12-17-8-9-22-2/h4-6,10,17H,3,7-9,11-12H2,1-2H3,(H,18,21)(H,19,20). The molecule has 0 fully saturated rings. The van der Waals surface area contributed by atoms with Crippen LogP contribution in [0.5, 0.6) is 0 Å². The Labute approximate surface area is 131 Å². The van der Waals surface area contributed by atoms with Gasteiger partial charge in [-0.2, -0.15) is 0 Å². The largest absolute Gasteiger partial charge is 0.383 e. The summed E-state index contributed by atoms with van der Waals surface area (Å²) in [7, 11) is 1.62. The highest BCUT2D eigenvalue weighted by Crippen LogP contribution is 2.05. The second-order valence-corrected chi connectivity index (χ2v) is 4.90. The third kappa shape index (κ3) is 7.19. The molecule has 3 N–H and O–H groups in total. The summed E-state index contributed by atoms with van der Waals surface area (Å²) < 4.78 is 4.88. The van der Waals surface area contributed by atoms with Crippen LogP contribution in [0.3, 0.4) is 0 Å². The molecular weight excluding hydrogens is 282 g/mol. The Morgan fingerprint density at radius 1 is 1.18 bits per heavy atom. The van der Waals surface area contributed by atoms with E-state index in [1.54, 1.807) is 19.2 Å². The number of carbonyl (C=O) groups excluding carboxylic acids is 2. The maximum absolute atomic E-state index is 11.9. The molecule has 6 nitrogen and oxygen atoms in total. The number of ether oxygens (including phenoxy) is 1. The number of rotatable bonds is 10. The SMILES string of the molecule is CCCNC(=O)c1cccc(CNC(=O)CNCCOC)c1. The van der Waals surface area contributed by atoms with E-state index < -0.39 is 0 Å².